The maximum atomic E-state index is 13.2. The van der Waals surface area contributed by atoms with Crippen LogP contribution in [0.3, 0.4) is 0 Å². The molecule has 1 fully saturated rings. The molecule has 0 aromatic heterocycles. The molecule has 2 aromatic rings. The minimum absolute atomic E-state index is 0.0521. The summed E-state index contributed by atoms with van der Waals surface area (Å²) in [6, 6.07) is 12.9. The average Bonchev–Trinajstić information content (AvgIpc) is 3.16. The second-order valence-electron chi connectivity index (χ2n) is 6.74. The zero-order valence-corrected chi connectivity index (χ0v) is 14.8. The first kappa shape index (κ1) is 18.5. The number of hydrogen-bond donors (Lipinski definition) is 1. The van der Waals surface area contributed by atoms with Gasteiger partial charge in [0.25, 0.3) is 0 Å². The Labute approximate surface area is 153 Å². The molecule has 2 aromatic carbocycles. The fourth-order valence-electron chi connectivity index (χ4n) is 3.45. The molecule has 138 valence electrons. The number of nitrogens with zero attached hydrogens (tertiary/aromatic N) is 1. The molecule has 1 amide bonds. The van der Waals surface area contributed by atoms with Crippen LogP contribution < -0.4 is 5.32 Å². The fourth-order valence-corrected chi connectivity index (χ4v) is 3.45. The smallest absolute Gasteiger partial charge is 0.220 e. The Morgan fingerprint density at radius 1 is 1.04 bits per heavy atom. The quantitative estimate of drug-likeness (QED) is 0.815. The van der Waals surface area contributed by atoms with Crippen LogP contribution in [0.15, 0.2) is 48.5 Å². The van der Waals surface area contributed by atoms with E-state index >= 15 is 0 Å². The largest absolute Gasteiger partial charge is 0.354 e. The van der Waals surface area contributed by atoms with Crippen molar-refractivity contribution in [2.75, 3.05) is 19.6 Å². The van der Waals surface area contributed by atoms with Gasteiger partial charge in [-0.25, -0.2) is 8.78 Å². The van der Waals surface area contributed by atoms with Crippen LogP contribution in [0.25, 0.3) is 0 Å². The van der Waals surface area contributed by atoms with Gasteiger partial charge in [-0.05, 0) is 67.7 Å². The van der Waals surface area contributed by atoms with Crippen molar-refractivity contribution >= 4 is 5.91 Å². The summed E-state index contributed by atoms with van der Waals surface area (Å²) in [6.07, 6.45) is 3.12. The van der Waals surface area contributed by atoms with Gasteiger partial charge in [-0.3, -0.25) is 9.69 Å². The van der Waals surface area contributed by atoms with Crippen LogP contribution in [0.5, 0.6) is 0 Å². The van der Waals surface area contributed by atoms with E-state index in [1.165, 1.54) is 24.3 Å². The highest BCUT2D eigenvalue weighted by atomic mass is 19.1. The third-order valence-electron chi connectivity index (χ3n) is 4.86. The number of hydrogen-bond acceptors (Lipinski definition) is 2. The highest BCUT2D eigenvalue weighted by molar-refractivity contribution is 5.76. The summed E-state index contributed by atoms with van der Waals surface area (Å²) in [4.78, 5) is 14.6. The molecule has 3 nitrogen and oxygen atoms in total. The molecule has 0 radical (unpaired) electrons. The van der Waals surface area contributed by atoms with E-state index < -0.39 is 0 Å². The van der Waals surface area contributed by atoms with Crippen molar-refractivity contribution in [3.63, 3.8) is 0 Å². The number of amides is 1. The van der Waals surface area contributed by atoms with Gasteiger partial charge < -0.3 is 5.32 Å². The zero-order valence-electron chi connectivity index (χ0n) is 14.8. The molecule has 0 aliphatic carbocycles. The predicted molar refractivity (Wildman–Crippen MR) is 97.7 cm³/mol. The molecule has 1 unspecified atom stereocenters. The molecule has 1 N–H and O–H groups in total. The van der Waals surface area contributed by atoms with Crippen LogP contribution in [0.4, 0.5) is 8.78 Å². The normalized spacial score (nSPS) is 15.8. The number of nitrogens with one attached hydrogen (secondary N) is 1. The molecule has 0 bridgehead atoms. The first-order valence-corrected chi connectivity index (χ1v) is 9.12. The SMILES string of the molecule is O=C(CCc1cccc(F)c1)NCC(c1ccc(F)cc1)N1CCCC1. The number of carbonyl (C=O) groups excluding carboxylic acids is 1. The van der Waals surface area contributed by atoms with E-state index in [0.717, 1.165) is 37.1 Å². The van der Waals surface area contributed by atoms with Crippen molar-refractivity contribution in [3.05, 3.63) is 71.3 Å². The van der Waals surface area contributed by atoms with Crippen LogP contribution in [0.1, 0.15) is 36.4 Å². The zero-order chi connectivity index (χ0) is 18.4. The van der Waals surface area contributed by atoms with E-state index in [4.69, 9.17) is 0 Å². The van der Waals surface area contributed by atoms with Crippen molar-refractivity contribution in [3.8, 4) is 0 Å². The minimum atomic E-state index is -0.284. The van der Waals surface area contributed by atoms with Crippen molar-refractivity contribution in [1.29, 1.82) is 0 Å². The Morgan fingerprint density at radius 2 is 1.77 bits per heavy atom. The highest BCUT2D eigenvalue weighted by Gasteiger charge is 2.23. The van der Waals surface area contributed by atoms with Gasteiger partial charge >= 0.3 is 0 Å². The monoisotopic (exact) mass is 358 g/mol. The number of halogens is 2. The van der Waals surface area contributed by atoms with Gasteiger partial charge in [-0.2, -0.15) is 0 Å². The summed E-state index contributed by atoms with van der Waals surface area (Å²) in [5.41, 5.74) is 1.83. The molecule has 1 aliphatic rings. The topological polar surface area (TPSA) is 32.3 Å². The average molecular weight is 358 g/mol. The molecule has 5 heteroatoms. The fraction of sp³-hybridized carbons (Fsp3) is 0.381. The summed E-state index contributed by atoms with van der Waals surface area (Å²) in [5, 5.41) is 2.99. The number of aryl methyl sites for hydroxylation is 1. The molecule has 26 heavy (non-hydrogen) atoms. The van der Waals surface area contributed by atoms with E-state index in [1.807, 2.05) is 6.07 Å². The van der Waals surface area contributed by atoms with Gasteiger partial charge in [0.1, 0.15) is 11.6 Å². The lowest BCUT2D eigenvalue weighted by Crippen LogP contribution is -2.36. The molecule has 0 saturated carbocycles. The maximum absolute atomic E-state index is 13.2. The summed E-state index contributed by atoms with van der Waals surface area (Å²) in [6.45, 7) is 2.47. The second-order valence-corrected chi connectivity index (χ2v) is 6.74. The Balaban J connectivity index is 1.56. The number of benzene rings is 2. The van der Waals surface area contributed by atoms with E-state index in [0.29, 0.717) is 19.4 Å². The molecular formula is C21H24F2N2O. The van der Waals surface area contributed by atoms with E-state index in [1.54, 1.807) is 18.2 Å². The lowest BCUT2D eigenvalue weighted by molar-refractivity contribution is -0.121. The van der Waals surface area contributed by atoms with Gasteiger partial charge in [-0.1, -0.05) is 24.3 Å². The maximum Gasteiger partial charge on any atom is 0.220 e. The van der Waals surface area contributed by atoms with Crippen LogP contribution >= 0.6 is 0 Å². The molecule has 3 rings (SSSR count). The van der Waals surface area contributed by atoms with Crippen molar-refractivity contribution in [2.24, 2.45) is 0 Å². The molecule has 1 atom stereocenters. The van der Waals surface area contributed by atoms with Crippen LogP contribution in [0, 0.1) is 11.6 Å². The van der Waals surface area contributed by atoms with Crippen molar-refractivity contribution in [1.82, 2.24) is 10.2 Å². The van der Waals surface area contributed by atoms with Gasteiger partial charge in [0.15, 0.2) is 0 Å². The summed E-state index contributed by atoms with van der Waals surface area (Å²) < 4.78 is 26.4. The van der Waals surface area contributed by atoms with Gasteiger partial charge in [0, 0.05) is 13.0 Å². The Kier molecular flexibility index (Phi) is 6.34. The molecule has 1 heterocycles. The van der Waals surface area contributed by atoms with Crippen molar-refractivity contribution < 1.29 is 13.6 Å². The molecule has 1 saturated heterocycles. The number of rotatable bonds is 7. The predicted octanol–water partition coefficient (Wildman–Crippen LogP) is 3.85. The van der Waals surface area contributed by atoms with Gasteiger partial charge in [0.2, 0.25) is 5.91 Å². The first-order chi connectivity index (χ1) is 12.6. The summed E-state index contributed by atoms with van der Waals surface area (Å²) in [5.74, 6) is -0.595. The molecular weight excluding hydrogens is 334 g/mol. The third-order valence-corrected chi connectivity index (χ3v) is 4.86. The summed E-state index contributed by atoms with van der Waals surface area (Å²) in [7, 11) is 0. The van der Waals surface area contributed by atoms with Crippen LogP contribution in [-0.4, -0.2) is 30.4 Å². The Bertz CT molecular complexity index is 727. The third kappa shape index (κ3) is 5.11. The van der Waals surface area contributed by atoms with Gasteiger partial charge in [-0.15, -0.1) is 0 Å². The number of carbonyl (C=O) groups is 1. The minimum Gasteiger partial charge on any atom is -0.354 e. The summed E-state index contributed by atoms with van der Waals surface area (Å²) >= 11 is 0. The Morgan fingerprint density at radius 3 is 2.46 bits per heavy atom. The van der Waals surface area contributed by atoms with Crippen molar-refractivity contribution in [2.45, 2.75) is 31.7 Å². The van der Waals surface area contributed by atoms with E-state index in [9.17, 15) is 13.6 Å². The van der Waals surface area contributed by atoms with E-state index in [2.05, 4.69) is 10.2 Å². The lowest BCUT2D eigenvalue weighted by atomic mass is 10.0. The van der Waals surface area contributed by atoms with Crippen LogP contribution in [-0.2, 0) is 11.2 Å². The molecule has 0 spiro atoms. The Hall–Kier alpha value is -2.27. The first-order valence-electron chi connectivity index (χ1n) is 9.12. The lowest BCUT2D eigenvalue weighted by Gasteiger charge is -2.28. The van der Waals surface area contributed by atoms with E-state index in [-0.39, 0.29) is 23.6 Å². The van der Waals surface area contributed by atoms with Gasteiger partial charge in [0.05, 0.1) is 6.04 Å². The second kappa shape index (κ2) is 8.90. The number of likely N-dealkylation sites (tertiary alicyclic amines) is 1. The van der Waals surface area contributed by atoms with Crippen LogP contribution in [0.2, 0.25) is 0 Å². The standard InChI is InChI=1S/C21H24F2N2O/c22-18-9-7-17(8-10-18)20(25-12-1-2-13-25)15-24-21(26)11-6-16-4-3-5-19(23)14-16/h3-5,7-10,14,20H,1-2,6,11-13,15H2,(H,24,26). The molecule has 1 aliphatic heterocycles. The highest BCUT2D eigenvalue weighted by Crippen LogP contribution is 2.24.